The second-order valence-corrected chi connectivity index (χ2v) is 6.57. The molecule has 2 aromatic rings. The maximum absolute atomic E-state index is 13.9. The quantitative estimate of drug-likeness (QED) is 0.718. The molecule has 26 heavy (non-hydrogen) atoms. The van der Waals surface area contributed by atoms with Crippen LogP contribution in [0.4, 0.5) is 4.39 Å². The van der Waals surface area contributed by atoms with E-state index in [1.807, 2.05) is 17.0 Å². The maximum Gasteiger partial charge on any atom is 0.223 e. The van der Waals surface area contributed by atoms with Gasteiger partial charge >= 0.3 is 0 Å². The van der Waals surface area contributed by atoms with Crippen LogP contribution in [0.5, 0.6) is 11.5 Å². The number of carbonyl (C=O) groups excluding carboxylic acids is 1. The number of benzene rings is 2. The van der Waals surface area contributed by atoms with Crippen molar-refractivity contribution in [1.29, 1.82) is 0 Å². The summed E-state index contributed by atoms with van der Waals surface area (Å²) in [4.78, 5) is 14.6. The van der Waals surface area contributed by atoms with Crippen LogP contribution in [0.1, 0.15) is 30.4 Å². The molecular weight excluding hydrogens is 333 g/mol. The Bertz CT molecular complexity index is 751. The molecule has 0 aromatic heterocycles. The van der Waals surface area contributed by atoms with Crippen LogP contribution in [0.3, 0.4) is 0 Å². The van der Waals surface area contributed by atoms with Gasteiger partial charge in [-0.1, -0.05) is 18.2 Å². The fourth-order valence-electron chi connectivity index (χ4n) is 3.02. The van der Waals surface area contributed by atoms with E-state index in [-0.39, 0.29) is 17.8 Å². The highest BCUT2D eigenvalue weighted by Gasteiger charge is 2.32. The van der Waals surface area contributed by atoms with Crippen molar-refractivity contribution in [2.24, 2.45) is 0 Å². The number of ether oxygens (including phenoxy) is 2. The molecule has 0 saturated heterocycles. The molecule has 2 aromatic carbocycles. The lowest BCUT2D eigenvalue weighted by molar-refractivity contribution is -0.132. The zero-order valence-electron chi connectivity index (χ0n) is 15.2. The van der Waals surface area contributed by atoms with Crippen molar-refractivity contribution in [3.63, 3.8) is 0 Å². The van der Waals surface area contributed by atoms with Gasteiger partial charge in [0.2, 0.25) is 5.91 Å². The maximum atomic E-state index is 13.9. The van der Waals surface area contributed by atoms with Crippen LogP contribution in [-0.4, -0.2) is 31.1 Å². The molecular formula is C21H24FNO3. The molecule has 0 heterocycles. The number of nitrogens with zero attached hydrogens (tertiary/aromatic N) is 1. The predicted octanol–water partition coefficient (Wildman–Crippen LogP) is 3.97. The summed E-state index contributed by atoms with van der Waals surface area (Å²) in [6.45, 7) is 0.331. The average molecular weight is 357 g/mol. The zero-order valence-corrected chi connectivity index (χ0v) is 15.2. The highest BCUT2D eigenvalue weighted by molar-refractivity contribution is 5.77. The van der Waals surface area contributed by atoms with E-state index in [9.17, 15) is 9.18 Å². The molecule has 0 aliphatic heterocycles. The lowest BCUT2D eigenvalue weighted by atomic mass is 10.1. The van der Waals surface area contributed by atoms with Gasteiger partial charge in [0.25, 0.3) is 0 Å². The van der Waals surface area contributed by atoms with Crippen molar-refractivity contribution in [3.05, 3.63) is 59.4 Å². The first kappa shape index (κ1) is 18.2. The molecule has 0 atom stereocenters. The average Bonchev–Trinajstić information content (AvgIpc) is 3.50. The lowest BCUT2D eigenvalue weighted by Gasteiger charge is -2.23. The van der Waals surface area contributed by atoms with Gasteiger partial charge in [-0.25, -0.2) is 4.39 Å². The summed E-state index contributed by atoms with van der Waals surface area (Å²) < 4.78 is 24.5. The third kappa shape index (κ3) is 4.54. The number of halogens is 1. The minimum absolute atomic E-state index is 0.0533. The van der Waals surface area contributed by atoms with E-state index >= 15 is 0 Å². The Morgan fingerprint density at radius 3 is 2.35 bits per heavy atom. The molecule has 1 saturated carbocycles. The van der Waals surface area contributed by atoms with Crippen molar-refractivity contribution in [2.45, 2.75) is 38.3 Å². The highest BCUT2D eigenvalue weighted by atomic mass is 19.1. The van der Waals surface area contributed by atoms with Gasteiger partial charge in [-0.2, -0.15) is 0 Å². The molecule has 0 unspecified atom stereocenters. The van der Waals surface area contributed by atoms with Crippen molar-refractivity contribution >= 4 is 5.91 Å². The second kappa shape index (κ2) is 8.21. The first-order valence-corrected chi connectivity index (χ1v) is 8.85. The van der Waals surface area contributed by atoms with E-state index < -0.39 is 0 Å². The van der Waals surface area contributed by atoms with Gasteiger partial charge in [0.15, 0.2) is 0 Å². The largest absolute Gasteiger partial charge is 0.497 e. The Labute approximate surface area is 153 Å². The first-order chi connectivity index (χ1) is 12.6. The summed E-state index contributed by atoms with van der Waals surface area (Å²) in [5, 5.41) is 0. The van der Waals surface area contributed by atoms with Gasteiger partial charge in [0.05, 0.1) is 14.2 Å². The third-order valence-electron chi connectivity index (χ3n) is 4.65. The number of amides is 1. The van der Waals surface area contributed by atoms with E-state index in [1.165, 1.54) is 6.07 Å². The lowest BCUT2D eigenvalue weighted by Crippen LogP contribution is -2.33. The normalized spacial score (nSPS) is 13.3. The van der Waals surface area contributed by atoms with Crippen LogP contribution in [0.25, 0.3) is 0 Å². The van der Waals surface area contributed by atoms with Crippen molar-refractivity contribution in [3.8, 4) is 11.5 Å². The molecule has 1 aliphatic rings. The van der Waals surface area contributed by atoms with Gasteiger partial charge in [-0.3, -0.25) is 4.79 Å². The van der Waals surface area contributed by atoms with Gasteiger partial charge in [0.1, 0.15) is 17.3 Å². The standard InChI is InChI=1S/C21H24FNO3/c1-25-18-11-15(12-19(13-18)26-2)7-10-21(24)23(17-8-9-17)14-16-5-3-4-6-20(16)22/h3-6,11-13,17H,7-10,14H2,1-2H3. The fraction of sp³-hybridized carbons (Fsp3) is 0.381. The Kier molecular flexibility index (Phi) is 5.76. The van der Waals surface area contributed by atoms with Crippen molar-refractivity contribution in [1.82, 2.24) is 4.90 Å². The smallest absolute Gasteiger partial charge is 0.223 e. The molecule has 0 spiro atoms. The molecule has 1 amide bonds. The Morgan fingerprint density at radius 1 is 1.12 bits per heavy atom. The van der Waals surface area contributed by atoms with Gasteiger partial charge in [-0.15, -0.1) is 0 Å². The molecule has 5 heteroatoms. The summed E-state index contributed by atoms with van der Waals surface area (Å²) in [5.41, 5.74) is 1.55. The van der Waals surface area contributed by atoms with E-state index in [1.54, 1.807) is 38.5 Å². The summed E-state index contributed by atoms with van der Waals surface area (Å²) in [5.74, 6) is 1.20. The Morgan fingerprint density at radius 2 is 1.77 bits per heavy atom. The summed E-state index contributed by atoms with van der Waals surface area (Å²) >= 11 is 0. The molecule has 0 N–H and O–H groups in total. The fourth-order valence-corrected chi connectivity index (χ4v) is 3.02. The second-order valence-electron chi connectivity index (χ2n) is 6.57. The predicted molar refractivity (Wildman–Crippen MR) is 97.8 cm³/mol. The molecule has 138 valence electrons. The number of rotatable bonds is 8. The Balaban J connectivity index is 1.66. The van der Waals surface area contributed by atoms with Gasteiger partial charge in [0, 0.05) is 30.6 Å². The SMILES string of the molecule is COc1cc(CCC(=O)N(Cc2ccccc2F)C2CC2)cc(OC)c1. The third-order valence-corrected chi connectivity index (χ3v) is 4.65. The monoisotopic (exact) mass is 357 g/mol. The molecule has 3 rings (SSSR count). The van der Waals surface area contributed by atoms with Crippen molar-refractivity contribution < 1.29 is 18.7 Å². The summed E-state index contributed by atoms with van der Waals surface area (Å²) in [6, 6.07) is 12.5. The zero-order chi connectivity index (χ0) is 18.5. The van der Waals surface area contributed by atoms with Crippen LogP contribution in [-0.2, 0) is 17.8 Å². The summed E-state index contributed by atoms with van der Waals surface area (Å²) in [7, 11) is 3.21. The first-order valence-electron chi connectivity index (χ1n) is 8.85. The molecule has 0 radical (unpaired) electrons. The molecule has 0 bridgehead atoms. The number of hydrogen-bond acceptors (Lipinski definition) is 3. The highest BCUT2D eigenvalue weighted by Crippen LogP contribution is 2.30. The van der Waals surface area contributed by atoms with E-state index in [4.69, 9.17) is 9.47 Å². The van der Waals surface area contributed by atoms with Crippen LogP contribution in [0.2, 0.25) is 0 Å². The van der Waals surface area contributed by atoms with Crippen LogP contribution < -0.4 is 9.47 Å². The summed E-state index contributed by atoms with van der Waals surface area (Å²) in [6.07, 6.45) is 2.95. The van der Waals surface area contributed by atoms with E-state index in [2.05, 4.69) is 0 Å². The Hall–Kier alpha value is -2.56. The molecule has 4 nitrogen and oxygen atoms in total. The number of aryl methyl sites for hydroxylation is 1. The van der Waals surface area contributed by atoms with Crippen LogP contribution >= 0.6 is 0 Å². The number of methoxy groups -OCH3 is 2. The van der Waals surface area contributed by atoms with E-state index in [0.717, 1.165) is 18.4 Å². The molecule has 1 aliphatic carbocycles. The topological polar surface area (TPSA) is 38.8 Å². The van der Waals surface area contributed by atoms with Crippen LogP contribution in [0, 0.1) is 5.82 Å². The minimum atomic E-state index is -0.261. The van der Waals surface area contributed by atoms with Gasteiger partial charge in [-0.05, 0) is 43.0 Å². The number of hydrogen-bond donors (Lipinski definition) is 0. The van der Waals surface area contributed by atoms with Crippen molar-refractivity contribution in [2.75, 3.05) is 14.2 Å². The molecule has 1 fully saturated rings. The number of carbonyl (C=O) groups is 1. The van der Waals surface area contributed by atoms with E-state index in [0.29, 0.717) is 36.4 Å². The van der Waals surface area contributed by atoms with Gasteiger partial charge < -0.3 is 14.4 Å². The minimum Gasteiger partial charge on any atom is -0.497 e. The van der Waals surface area contributed by atoms with Crippen LogP contribution in [0.15, 0.2) is 42.5 Å².